The van der Waals surface area contributed by atoms with Gasteiger partial charge in [-0.2, -0.15) is 5.10 Å². The molecule has 0 aromatic carbocycles. The van der Waals surface area contributed by atoms with E-state index in [-0.39, 0.29) is 5.91 Å². The summed E-state index contributed by atoms with van der Waals surface area (Å²) in [6, 6.07) is 4.04. The van der Waals surface area contributed by atoms with Gasteiger partial charge in [-0.3, -0.25) is 4.79 Å². The first kappa shape index (κ1) is 13.8. The van der Waals surface area contributed by atoms with Crippen molar-refractivity contribution in [2.75, 3.05) is 24.5 Å². The number of rotatable bonds is 4. The number of nitrogens with zero attached hydrogens (tertiary/aromatic N) is 3. The maximum Gasteiger partial charge on any atom is 0.216 e. The Labute approximate surface area is 114 Å². The molecule has 5 nitrogen and oxygen atoms in total. The summed E-state index contributed by atoms with van der Waals surface area (Å²) in [4.78, 5) is 13.2. The Kier molecular flexibility index (Phi) is 4.71. The topological polar surface area (TPSA) is 58.1 Å². The predicted octanol–water partition coefficient (Wildman–Crippen LogP) is 1.53. The molecule has 1 amide bonds. The SMILES string of the molecule is CC(=O)NCC[C@@H]1CCCN(c2ccc(C)nn2)C1. The highest BCUT2D eigenvalue weighted by molar-refractivity contribution is 5.72. The fraction of sp³-hybridized carbons (Fsp3) is 0.643. The molecule has 2 heterocycles. The van der Waals surface area contributed by atoms with E-state index in [1.165, 1.54) is 12.8 Å². The summed E-state index contributed by atoms with van der Waals surface area (Å²) in [5.74, 6) is 1.65. The van der Waals surface area contributed by atoms with Crippen LogP contribution in [-0.2, 0) is 4.79 Å². The number of anilines is 1. The van der Waals surface area contributed by atoms with Gasteiger partial charge in [0.1, 0.15) is 0 Å². The zero-order valence-corrected chi connectivity index (χ0v) is 11.7. The average Bonchev–Trinajstić information content (AvgIpc) is 2.39. The second-order valence-corrected chi connectivity index (χ2v) is 5.26. The summed E-state index contributed by atoms with van der Waals surface area (Å²) in [6.07, 6.45) is 3.45. The van der Waals surface area contributed by atoms with Gasteiger partial charge < -0.3 is 10.2 Å². The van der Waals surface area contributed by atoms with Crippen molar-refractivity contribution in [3.8, 4) is 0 Å². The lowest BCUT2D eigenvalue weighted by Crippen LogP contribution is -2.37. The van der Waals surface area contributed by atoms with Gasteiger partial charge in [-0.05, 0) is 44.2 Å². The van der Waals surface area contributed by atoms with E-state index in [1.54, 1.807) is 6.92 Å². The second kappa shape index (κ2) is 6.50. The third-order valence-corrected chi connectivity index (χ3v) is 3.55. The van der Waals surface area contributed by atoms with E-state index in [9.17, 15) is 4.79 Å². The molecule has 1 atom stereocenters. The van der Waals surface area contributed by atoms with Crippen molar-refractivity contribution in [3.05, 3.63) is 17.8 Å². The van der Waals surface area contributed by atoms with Gasteiger partial charge in [0.2, 0.25) is 5.91 Å². The van der Waals surface area contributed by atoms with Crippen LogP contribution in [0.15, 0.2) is 12.1 Å². The van der Waals surface area contributed by atoms with Gasteiger partial charge in [-0.15, -0.1) is 5.10 Å². The zero-order valence-electron chi connectivity index (χ0n) is 11.7. The Hall–Kier alpha value is -1.65. The van der Waals surface area contributed by atoms with Crippen LogP contribution in [0.2, 0.25) is 0 Å². The molecule has 1 saturated heterocycles. The maximum atomic E-state index is 10.9. The van der Waals surface area contributed by atoms with Crippen LogP contribution in [-0.4, -0.2) is 35.7 Å². The molecule has 0 spiro atoms. The van der Waals surface area contributed by atoms with Crippen LogP contribution >= 0.6 is 0 Å². The molecule has 1 aromatic heterocycles. The number of amides is 1. The van der Waals surface area contributed by atoms with Crippen molar-refractivity contribution in [2.45, 2.75) is 33.1 Å². The molecule has 104 valence electrons. The van der Waals surface area contributed by atoms with Crippen LogP contribution in [0.1, 0.15) is 31.9 Å². The van der Waals surface area contributed by atoms with Crippen molar-refractivity contribution in [1.29, 1.82) is 0 Å². The molecule has 0 aliphatic carbocycles. The first-order chi connectivity index (χ1) is 9.15. The van der Waals surface area contributed by atoms with Crippen LogP contribution in [0.3, 0.4) is 0 Å². The average molecular weight is 262 g/mol. The third-order valence-electron chi connectivity index (χ3n) is 3.55. The van der Waals surface area contributed by atoms with Crippen molar-refractivity contribution in [1.82, 2.24) is 15.5 Å². The molecule has 0 unspecified atom stereocenters. The molecule has 1 N–H and O–H groups in total. The Morgan fingerprint density at radius 2 is 2.32 bits per heavy atom. The smallest absolute Gasteiger partial charge is 0.216 e. The molecule has 19 heavy (non-hydrogen) atoms. The lowest BCUT2D eigenvalue weighted by atomic mass is 9.95. The van der Waals surface area contributed by atoms with E-state index in [1.807, 2.05) is 19.1 Å². The van der Waals surface area contributed by atoms with Crippen LogP contribution in [0, 0.1) is 12.8 Å². The van der Waals surface area contributed by atoms with Gasteiger partial charge in [0.15, 0.2) is 5.82 Å². The highest BCUT2D eigenvalue weighted by Crippen LogP contribution is 2.23. The minimum Gasteiger partial charge on any atom is -0.356 e. The normalized spacial score (nSPS) is 19.3. The third kappa shape index (κ3) is 4.19. The Morgan fingerprint density at radius 1 is 1.47 bits per heavy atom. The number of carbonyl (C=O) groups is 1. The van der Waals surface area contributed by atoms with Gasteiger partial charge in [0.25, 0.3) is 0 Å². The molecular weight excluding hydrogens is 240 g/mol. The number of nitrogens with one attached hydrogen (secondary N) is 1. The lowest BCUT2D eigenvalue weighted by Gasteiger charge is -2.33. The predicted molar refractivity (Wildman–Crippen MR) is 75.0 cm³/mol. The summed E-state index contributed by atoms with van der Waals surface area (Å²) in [6.45, 7) is 6.34. The van der Waals surface area contributed by atoms with Crippen molar-refractivity contribution in [2.24, 2.45) is 5.92 Å². The molecule has 5 heteroatoms. The molecule has 1 aromatic rings. The molecule has 1 aliphatic rings. The number of aromatic nitrogens is 2. The van der Waals surface area contributed by atoms with Gasteiger partial charge in [-0.25, -0.2) is 0 Å². The van der Waals surface area contributed by atoms with Crippen molar-refractivity contribution < 1.29 is 4.79 Å². The number of carbonyl (C=O) groups excluding carboxylic acids is 1. The second-order valence-electron chi connectivity index (χ2n) is 5.26. The summed E-state index contributed by atoms with van der Waals surface area (Å²) >= 11 is 0. The number of aryl methyl sites for hydroxylation is 1. The first-order valence-corrected chi connectivity index (χ1v) is 6.95. The molecule has 0 bridgehead atoms. The lowest BCUT2D eigenvalue weighted by molar-refractivity contribution is -0.119. The maximum absolute atomic E-state index is 10.9. The van der Waals surface area contributed by atoms with Crippen LogP contribution in [0.4, 0.5) is 5.82 Å². The quantitative estimate of drug-likeness (QED) is 0.894. The zero-order chi connectivity index (χ0) is 13.7. The van der Waals surface area contributed by atoms with Crippen LogP contribution in [0.25, 0.3) is 0 Å². The monoisotopic (exact) mass is 262 g/mol. The van der Waals surface area contributed by atoms with E-state index < -0.39 is 0 Å². The largest absolute Gasteiger partial charge is 0.356 e. The van der Waals surface area contributed by atoms with E-state index in [0.29, 0.717) is 5.92 Å². The van der Waals surface area contributed by atoms with Crippen molar-refractivity contribution in [3.63, 3.8) is 0 Å². The highest BCUT2D eigenvalue weighted by atomic mass is 16.1. The van der Waals surface area contributed by atoms with E-state index in [2.05, 4.69) is 20.4 Å². The van der Waals surface area contributed by atoms with Gasteiger partial charge in [0, 0.05) is 26.6 Å². The number of piperidine rings is 1. The van der Waals surface area contributed by atoms with E-state index >= 15 is 0 Å². The highest BCUT2D eigenvalue weighted by Gasteiger charge is 2.20. The summed E-state index contributed by atoms with van der Waals surface area (Å²) in [5, 5.41) is 11.2. The number of hydrogen-bond acceptors (Lipinski definition) is 4. The first-order valence-electron chi connectivity index (χ1n) is 6.95. The summed E-state index contributed by atoms with van der Waals surface area (Å²) in [5.41, 5.74) is 0.947. The Balaban J connectivity index is 1.86. The summed E-state index contributed by atoms with van der Waals surface area (Å²) in [7, 11) is 0. The fourth-order valence-electron chi connectivity index (χ4n) is 2.52. The summed E-state index contributed by atoms with van der Waals surface area (Å²) < 4.78 is 0. The fourth-order valence-corrected chi connectivity index (χ4v) is 2.52. The standard InChI is InChI=1S/C14H22N4O/c1-11-5-6-14(17-16-11)18-9-3-4-13(10-18)7-8-15-12(2)19/h5-6,13H,3-4,7-10H2,1-2H3,(H,15,19)/t13-/m0/s1. The molecule has 0 saturated carbocycles. The van der Waals surface area contributed by atoms with Gasteiger partial charge >= 0.3 is 0 Å². The minimum absolute atomic E-state index is 0.0528. The van der Waals surface area contributed by atoms with E-state index in [4.69, 9.17) is 0 Å². The van der Waals surface area contributed by atoms with Gasteiger partial charge in [-0.1, -0.05) is 0 Å². The molecule has 2 rings (SSSR count). The Morgan fingerprint density at radius 3 is 3.00 bits per heavy atom. The molecule has 0 radical (unpaired) electrons. The van der Waals surface area contributed by atoms with Crippen molar-refractivity contribution >= 4 is 11.7 Å². The molecule has 1 fully saturated rings. The van der Waals surface area contributed by atoms with E-state index in [0.717, 1.165) is 37.6 Å². The van der Waals surface area contributed by atoms with Crippen LogP contribution in [0.5, 0.6) is 0 Å². The van der Waals surface area contributed by atoms with Gasteiger partial charge in [0.05, 0.1) is 5.69 Å². The minimum atomic E-state index is 0.0528. The number of hydrogen-bond donors (Lipinski definition) is 1. The molecular formula is C14H22N4O. The van der Waals surface area contributed by atoms with Crippen LogP contribution < -0.4 is 10.2 Å². The molecule has 1 aliphatic heterocycles. The Bertz CT molecular complexity index is 418.